The summed E-state index contributed by atoms with van der Waals surface area (Å²) in [5, 5.41) is 22.9. The van der Waals surface area contributed by atoms with Crippen molar-refractivity contribution < 1.29 is 9.72 Å². The first-order valence-corrected chi connectivity index (χ1v) is 11.0. The number of benzene rings is 2. The number of non-ortho nitro benzene ring substituents is 1. The Morgan fingerprint density at radius 3 is 2.67 bits per heavy atom. The topological polar surface area (TPSA) is 103 Å². The van der Waals surface area contributed by atoms with Gasteiger partial charge < -0.3 is 9.88 Å². The van der Waals surface area contributed by atoms with Gasteiger partial charge in [0.05, 0.1) is 16.4 Å². The van der Waals surface area contributed by atoms with Gasteiger partial charge in [0.15, 0.2) is 11.0 Å². The molecule has 0 unspecified atom stereocenters. The quantitative estimate of drug-likeness (QED) is 0.285. The van der Waals surface area contributed by atoms with Crippen molar-refractivity contribution in [3.8, 4) is 11.4 Å². The number of hydrogen-bond donors (Lipinski definition) is 1. The number of nitro groups is 1. The number of carbonyl (C=O) groups excluding carboxylic acids is 1. The Labute approximate surface area is 186 Å². The number of rotatable bonds is 7. The molecule has 1 heterocycles. The number of nitrogens with zero attached hydrogens (tertiary/aromatic N) is 4. The van der Waals surface area contributed by atoms with Crippen LogP contribution in [0, 0.1) is 24.0 Å². The van der Waals surface area contributed by atoms with Crippen molar-refractivity contribution in [1.82, 2.24) is 14.8 Å². The van der Waals surface area contributed by atoms with E-state index in [0.29, 0.717) is 23.1 Å². The normalized spacial score (nSPS) is 10.8. The Morgan fingerprint density at radius 2 is 1.97 bits per heavy atom. The van der Waals surface area contributed by atoms with E-state index >= 15 is 0 Å². The molecule has 3 aromatic rings. The number of aryl methyl sites for hydroxylation is 2. The summed E-state index contributed by atoms with van der Waals surface area (Å²) >= 11 is 4.74. The molecule has 1 aromatic heterocycles. The standard InChI is InChI=1S/C20H20BrN5O3S/c1-4-25-19(14-6-5-7-15(10-14)26(28)29)23-24-20(25)30-11-18(27)22-17-9-13(3)12(2)8-16(17)21/h5-10H,4,11H2,1-3H3,(H,22,27). The summed E-state index contributed by atoms with van der Waals surface area (Å²) in [7, 11) is 0. The maximum Gasteiger partial charge on any atom is 0.270 e. The van der Waals surface area contributed by atoms with Crippen molar-refractivity contribution in [2.45, 2.75) is 32.5 Å². The van der Waals surface area contributed by atoms with Crippen molar-refractivity contribution in [2.24, 2.45) is 0 Å². The molecule has 0 spiro atoms. The van der Waals surface area contributed by atoms with Crippen LogP contribution >= 0.6 is 27.7 Å². The first-order valence-electron chi connectivity index (χ1n) is 9.17. The highest BCUT2D eigenvalue weighted by atomic mass is 79.9. The lowest BCUT2D eigenvalue weighted by molar-refractivity contribution is -0.384. The zero-order valence-corrected chi connectivity index (χ0v) is 19.1. The average Bonchev–Trinajstić information content (AvgIpc) is 3.13. The second kappa shape index (κ2) is 9.40. The van der Waals surface area contributed by atoms with Crippen molar-refractivity contribution in [3.05, 3.63) is 62.1 Å². The summed E-state index contributed by atoms with van der Waals surface area (Å²) in [6.45, 7) is 6.50. The highest BCUT2D eigenvalue weighted by Crippen LogP contribution is 2.28. The summed E-state index contributed by atoms with van der Waals surface area (Å²) in [6, 6.07) is 10.2. The van der Waals surface area contributed by atoms with Crippen LogP contribution in [0.2, 0.25) is 0 Å². The predicted molar refractivity (Wildman–Crippen MR) is 121 cm³/mol. The van der Waals surface area contributed by atoms with Crippen LogP contribution in [-0.4, -0.2) is 31.3 Å². The fraction of sp³-hybridized carbons (Fsp3) is 0.250. The van der Waals surface area contributed by atoms with Crippen molar-refractivity contribution >= 4 is 45.0 Å². The maximum absolute atomic E-state index is 12.4. The van der Waals surface area contributed by atoms with Gasteiger partial charge in [-0.1, -0.05) is 23.9 Å². The third-order valence-corrected chi connectivity index (χ3v) is 6.16. The molecule has 0 saturated heterocycles. The third kappa shape index (κ3) is 4.88. The molecule has 0 radical (unpaired) electrons. The number of aromatic nitrogens is 3. The number of halogens is 1. The van der Waals surface area contributed by atoms with Crippen LogP contribution in [0.3, 0.4) is 0 Å². The molecular formula is C20H20BrN5O3S. The van der Waals surface area contributed by atoms with E-state index in [1.807, 2.05) is 37.5 Å². The fourth-order valence-electron chi connectivity index (χ4n) is 2.85. The van der Waals surface area contributed by atoms with Crippen LogP contribution in [0.1, 0.15) is 18.1 Å². The van der Waals surface area contributed by atoms with Crippen LogP contribution in [0.5, 0.6) is 0 Å². The average molecular weight is 490 g/mol. The predicted octanol–water partition coefficient (Wildman–Crippen LogP) is 4.98. The Morgan fingerprint density at radius 1 is 1.23 bits per heavy atom. The molecule has 30 heavy (non-hydrogen) atoms. The molecule has 156 valence electrons. The van der Waals surface area contributed by atoms with Gasteiger partial charge in [-0.3, -0.25) is 14.9 Å². The molecule has 0 aliphatic rings. The summed E-state index contributed by atoms with van der Waals surface area (Å²) < 4.78 is 2.66. The number of anilines is 1. The van der Waals surface area contributed by atoms with Gasteiger partial charge >= 0.3 is 0 Å². The molecule has 1 N–H and O–H groups in total. The summed E-state index contributed by atoms with van der Waals surface area (Å²) in [4.78, 5) is 23.0. The Kier molecular flexibility index (Phi) is 6.88. The van der Waals surface area contributed by atoms with Crippen molar-refractivity contribution in [3.63, 3.8) is 0 Å². The molecule has 0 aliphatic carbocycles. The molecule has 0 atom stereocenters. The lowest BCUT2D eigenvalue weighted by atomic mass is 10.1. The van der Waals surface area contributed by atoms with Gasteiger partial charge in [-0.25, -0.2) is 0 Å². The fourth-order valence-corrected chi connectivity index (χ4v) is 4.21. The minimum Gasteiger partial charge on any atom is -0.324 e. The molecule has 1 amide bonds. The van der Waals surface area contributed by atoms with E-state index in [4.69, 9.17) is 0 Å². The molecule has 3 rings (SSSR count). The van der Waals surface area contributed by atoms with Gasteiger partial charge in [0.2, 0.25) is 5.91 Å². The molecule has 0 fully saturated rings. The second-order valence-corrected chi connectivity index (χ2v) is 8.41. The van der Waals surface area contributed by atoms with Gasteiger partial charge in [0.25, 0.3) is 5.69 Å². The smallest absolute Gasteiger partial charge is 0.270 e. The van der Waals surface area contributed by atoms with Crippen molar-refractivity contribution in [2.75, 3.05) is 11.1 Å². The van der Waals surface area contributed by atoms with E-state index in [1.165, 1.54) is 23.9 Å². The van der Waals surface area contributed by atoms with E-state index < -0.39 is 4.92 Å². The van der Waals surface area contributed by atoms with E-state index in [9.17, 15) is 14.9 Å². The number of amides is 1. The summed E-state index contributed by atoms with van der Waals surface area (Å²) in [5.41, 5.74) is 3.55. The lowest BCUT2D eigenvalue weighted by Gasteiger charge is -2.11. The molecule has 8 nitrogen and oxygen atoms in total. The van der Waals surface area contributed by atoms with Crippen LogP contribution < -0.4 is 5.32 Å². The number of nitrogens with one attached hydrogen (secondary N) is 1. The van der Waals surface area contributed by atoms with Crippen LogP contribution in [0.25, 0.3) is 11.4 Å². The zero-order valence-electron chi connectivity index (χ0n) is 16.7. The molecular weight excluding hydrogens is 470 g/mol. The first kappa shape index (κ1) is 22.0. The Hall–Kier alpha value is -2.72. The highest BCUT2D eigenvalue weighted by molar-refractivity contribution is 9.10. The largest absolute Gasteiger partial charge is 0.324 e. The van der Waals surface area contributed by atoms with E-state index in [0.717, 1.165) is 21.3 Å². The SMILES string of the molecule is CCn1c(SCC(=O)Nc2cc(C)c(C)cc2Br)nnc1-c1cccc([N+](=O)[O-])c1. The highest BCUT2D eigenvalue weighted by Gasteiger charge is 2.17. The van der Waals surface area contributed by atoms with Gasteiger partial charge in [-0.05, 0) is 60.0 Å². The lowest BCUT2D eigenvalue weighted by Crippen LogP contribution is -2.15. The van der Waals surface area contributed by atoms with Crippen LogP contribution in [0.4, 0.5) is 11.4 Å². The van der Waals surface area contributed by atoms with E-state index in [-0.39, 0.29) is 17.3 Å². The molecule has 10 heteroatoms. The molecule has 2 aromatic carbocycles. The minimum absolute atomic E-state index is 0.00861. The monoisotopic (exact) mass is 489 g/mol. The maximum atomic E-state index is 12.4. The zero-order chi connectivity index (χ0) is 21.8. The van der Waals surface area contributed by atoms with Gasteiger partial charge in [0.1, 0.15) is 0 Å². The van der Waals surface area contributed by atoms with Gasteiger partial charge in [-0.2, -0.15) is 0 Å². The van der Waals surface area contributed by atoms with Crippen molar-refractivity contribution in [1.29, 1.82) is 0 Å². The minimum atomic E-state index is -0.443. The molecule has 0 bridgehead atoms. The van der Waals surface area contributed by atoms with Gasteiger partial charge in [0, 0.05) is 28.7 Å². The number of thioether (sulfide) groups is 1. The third-order valence-electron chi connectivity index (χ3n) is 4.54. The molecule has 0 aliphatic heterocycles. The van der Waals surface area contributed by atoms with Gasteiger partial charge in [-0.15, -0.1) is 10.2 Å². The van der Waals surface area contributed by atoms with E-state index in [2.05, 4.69) is 31.4 Å². The summed E-state index contributed by atoms with van der Waals surface area (Å²) in [6.07, 6.45) is 0. The summed E-state index contributed by atoms with van der Waals surface area (Å²) in [5.74, 6) is 0.527. The second-order valence-electron chi connectivity index (χ2n) is 6.61. The van der Waals surface area contributed by atoms with E-state index in [1.54, 1.807) is 12.1 Å². The van der Waals surface area contributed by atoms with Crippen LogP contribution in [-0.2, 0) is 11.3 Å². The Bertz CT molecular complexity index is 1120. The number of carbonyl (C=O) groups is 1. The number of hydrogen-bond acceptors (Lipinski definition) is 6. The molecule has 0 saturated carbocycles. The Balaban J connectivity index is 1.74. The first-order chi connectivity index (χ1) is 14.3. The number of nitro benzene ring substituents is 1. The van der Waals surface area contributed by atoms with Crippen LogP contribution in [0.15, 0.2) is 46.0 Å².